The van der Waals surface area contributed by atoms with Crippen molar-refractivity contribution < 1.29 is 19.4 Å². The van der Waals surface area contributed by atoms with Crippen molar-refractivity contribution >= 4 is 25.6 Å². The molecule has 0 unspecified atom stereocenters. The van der Waals surface area contributed by atoms with Gasteiger partial charge < -0.3 is 21.1 Å². The summed E-state index contributed by atoms with van der Waals surface area (Å²) < 4.78 is 4.45. The second-order valence-corrected chi connectivity index (χ2v) is 9.87. The summed E-state index contributed by atoms with van der Waals surface area (Å²) in [7, 11) is 0.0842. The molecule has 1 aromatic rings. The molecule has 7 heteroatoms. The van der Waals surface area contributed by atoms with Crippen molar-refractivity contribution in [1.82, 2.24) is 0 Å². The molecule has 0 aliphatic carbocycles. The first kappa shape index (κ1) is 16.9. The van der Waals surface area contributed by atoms with Gasteiger partial charge in [0.25, 0.3) is 0 Å². The highest BCUT2D eigenvalue weighted by Gasteiger charge is 2.14. The van der Waals surface area contributed by atoms with Crippen LogP contribution in [0.1, 0.15) is 10.4 Å². The maximum Gasteiger partial charge on any atom is 0.337 e. The standard InChI is InChI=1S/C8H9NO3.C4H10N2Si/c1-12-8(11)5-2-3-7(10)6(9)4-5;1-7(2,3)4-6-5/h2-4,10H,9H2,1H3;4H,1-3H3. The monoisotopic (exact) mass is 281 g/mol. The van der Waals surface area contributed by atoms with Crippen molar-refractivity contribution in [2.75, 3.05) is 12.8 Å². The van der Waals surface area contributed by atoms with Crippen LogP contribution < -0.4 is 5.73 Å². The number of rotatable bonds is 2. The Bertz CT molecular complexity index is 491. The summed E-state index contributed by atoms with van der Waals surface area (Å²) in [6.07, 6.45) is 0. The van der Waals surface area contributed by atoms with Gasteiger partial charge in [-0.15, -0.1) is 0 Å². The molecule has 0 amide bonds. The normalized spacial score (nSPS) is 9.68. The van der Waals surface area contributed by atoms with Gasteiger partial charge in [0.15, 0.2) is 8.07 Å². The van der Waals surface area contributed by atoms with Crippen LogP contribution in [0.4, 0.5) is 5.69 Å². The maximum absolute atomic E-state index is 10.9. The summed E-state index contributed by atoms with van der Waals surface area (Å²) in [5, 5.41) is 9.02. The van der Waals surface area contributed by atoms with Crippen molar-refractivity contribution in [2.45, 2.75) is 19.6 Å². The second-order valence-electron chi connectivity index (χ2n) is 4.88. The number of aromatic hydroxyl groups is 1. The zero-order chi connectivity index (χ0) is 15.1. The highest BCUT2D eigenvalue weighted by molar-refractivity contribution is 6.98. The van der Waals surface area contributed by atoms with Crippen LogP contribution in [0, 0.1) is 0 Å². The van der Waals surface area contributed by atoms with E-state index in [9.17, 15) is 4.79 Å². The number of benzene rings is 1. The molecule has 0 aromatic heterocycles. The maximum atomic E-state index is 10.9. The number of phenolic OH excluding ortho intramolecular Hbond substituents is 1. The van der Waals surface area contributed by atoms with Gasteiger partial charge in [0, 0.05) is 0 Å². The number of phenols is 1. The van der Waals surface area contributed by atoms with E-state index in [1.54, 1.807) is 5.84 Å². The van der Waals surface area contributed by atoms with Gasteiger partial charge >= 0.3 is 5.97 Å². The number of ether oxygens (including phenoxy) is 1. The number of carbonyl (C=O) groups is 1. The Labute approximate surface area is 113 Å². The smallest absolute Gasteiger partial charge is 0.337 e. The number of carbonyl (C=O) groups excluding carboxylic acids is 1. The summed E-state index contributed by atoms with van der Waals surface area (Å²) in [6, 6.07) is 4.15. The Morgan fingerprint density at radius 1 is 1.47 bits per heavy atom. The Balaban J connectivity index is 0.000000399. The van der Waals surface area contributed by atoms with E-state index in [1.807, 2.05) is 0 Å². The summed E-state index contributed by atoms with van der Waals surface area (Å²) in [5.74, 6) is 1.12. The van der Waals surface area contributed by atoms with E-state index in [1.165, 1.54) is 25.3 Å². The van der Waals surface area contributed by atoms with Crippen LogP contribution in [0.15, 0.2) is 18.2 Å². The number of nitrogens with zero attached hydrogens (tertiary/aromatic N) is 2. The number of methoxy groups -OCH3 is 1. The van der Waals surface area contributed by atoms with Crippen molar-refractivity contribution in [3.8, 4) is 5.75 Å². The first-order valence-corrected chi connectivity index (χ1v) is 9.14. The molecule has 0 heterocycles. The van der Waals surface area contributed by atoms with Gasteiger partial charge in [-0.1, -0.05) is 19.6 Å². The molecule has 0 saturated carbocycles. The highest BCUT2D eigenvalue weighted by Crippen LogP contribution is 2.20. The molecule has 6 nitrogen and oxygen atoms in total. The zero-order valence-electron chi connectivity index (χ0n) is 11.5. The van der Waals surface area contributed by atoms with E-state index >= 15 is 0 Å². The average molecular weight is 281 g/mol. The molecule has 0 spiro atoms. The number of nitrogen functional groups attached to an aromatic ring is 1. The summed E-state index contributed by atoms with van der Waals surface area (Å²) in [4.78, 5) is 13.9. The van der Waals surface area contributed by atoms with Crippen LogP contribution in [-0.2, 0) is 4.74 Å². The van der Waals surface area contributed by atoms with Gasteiger partial charge in [0.05, 0.1) is 18.4 Å². The molecule has 0 aliphatic rings. The van der Waals surface area contributed by atoms with Crippen molar-refractivity contribution in [1.29, 1.82) is 0 Å². The fraction of sp³-hybridized carbons (Fsp3) is 0.333. The van der Waals surface area contributed by atoms with E-state index in [-0.39, 0.29) is 11.4 Å². The van der Waals surface area contributed by atoms with E-state index in [0.717, 1.165) is 0 Å². The lowest BCUT2D eigenvalue weighted by Crippen LogP contribution is -2.22. The molecule has 0 saturated heterocycles. The molecule has 1 rings (SSSR count). The van der Waals surface area contributed by atoms with Crippen LogP contribution in [0.2, 0.25) is 19.6 Å². The number of nitrogens with two attached hydrogens (primary N) is 1. The minimum absolute atomic E-state index is 0.0392. The quantitative estimate of drug-likeness (QED) is 0.164. The van der Waals surface area contributed by atoms with Crippen LogP contribution in [0.3, 0.4) is 0 Å². The van der Waals surface area contributed by atoms with E-state index in [2.05, 4.69) is 29.2 Å². The van der Waals surface area contributed by atoms with Crippen molar-refractivity contribution in [3.63, 3.8) is 0 Å². The number of esters is 1. The third-order valence-electron chi connectivity index (χ3n) is 1.89. The Hall–Kier alpha value is -2.11. The molecule has 104 valence electrons. The van der Waals surface area contributed by atoms with E-state index in [4.69, 9.17) is 16.4 Å². The molecule has 0 atom stereocenters. The number of hydrogen-bond donors (Lipinski definition) is 2. The summed E-state index contributed by atoms with van der Waals surface area (Å²) in [6.45, 7) is 6.31. The number of hydrogen-bond acceptors (Lipinski definition) is 4. The molecule has 1 aromatic carbocycles. The fourth-order valence-electron chi connectivity index (χ4n) is 0.973. The van der Waals surface area contributed by atoms with Crippen LogP contribution in [0.25, 0.3) is 5.53 Å². The molecule has 19 heavy (non-hydrogen) atoms. The third kappa shape index (κ3) is 7.02. The molecular formula is C12H19N3O3Si. The Morgan fingerprint density at radius 3 is 2.37 bits per heavy atom. The van der Waals surface area contributed by atoms with Crippen molar-refractivity contribution in [2.24, 2.45) is 0 Å². The lowest BCUT2D eigenvalue weighted by molar-refractivity contribution is 0.00679. The first-order chi connectivity index (χ1) is 8.71. The average Bonchev–Trinajstić information content (AvgIpc) is 2.31. The topological polar surface area (TPSA) is 109 Å². The predicted octanol–water partition coefficient (Wildman–Crippen LogP) is 1.93. The lowest BCUT2D eigenvalue weighted by atomic mass is 10.2. The molecule has 0 radical (unpaired) electrons. The Morgan fingerprint density at radius 2 is 2.05 bits per heavy atom. The lowest BCUT2D eigenvalue weighted by Gasteiger charge is -2.01. The van der Waals surface area contributed by atoms with E-state index < -0.39 is 14.0 Å². The molecular weight excluding hydrogens is 262 g/mol. The zero-order valence-corrected chi connectivity index (χ0v) is 12.5. The fourth-order valence-corrected chi connectivity index (χ4v) is 1.32. The van der Waals surface area contributed by atoms with Gasteiger partial charge in [-0.3, -0.25) is 0 Å². The summed E-state index contributed by atoms with van der Waals surface area (Å²) >= 11 is 0. The minimum atomic E-state index is -1.20. The largest absolute Gasteiger partial charge is 0.506 e. The van der Waals surface area contributed by atoms with Gasteiger partial charge in [-0.25, -0.2) is 4.79 Å². The molecule has 0 aliphatic heterocycles. The highest BCUT2D eigenvalue weighted by atomic mass is 28.3. The minimum Gasteiger partial charge on any atom is -0.506 e. The third-order valence-corrected chi connectivity index (χ3v) is 2.78. The van der Waals surface area contributed by atoms with Gasteiger partial charge in [-0.05, 0) is 18.2 Å². The van der Waals surface area contributed by atoms with Crippen LogP contribution in [-0.4, -0.2) is 36.9 Å². The van der Waals surface area contributed by atoms with Gasteiger partial charge in [0.2, 0.25) is 5.84 Å². The number of anilines is 1. The molecule has 0 fully saturated rings. The SMILES string of the molecule is COC(=O)c1ccc(O)c(N)c1.C[Si](C)(C)C=[N+]=[N-]. The van der Waals surface area contributed by atoms with Gasteiger partial charge in [0.1, 0.15) is 5.75 Å². The molecule has 0 bridgehead atoms. The second kappa shape index (κ2) is 7.35. The van der Waals surface area contributed by atoms with Crippen molar-refractivity contribution in [3.05, 3.63) is 29.3 Å². The first-order valence-electron chi connectivity index (χ1n) is 5.56. The van der Waals surface area contributed by atoms with E-state index in [0.29, 0.717) is 5.56 Å². The van der Waals surface area contributed by atoms with Gasteiger partial charge in [-0.2, -0.15) is 4.79 Å². The van der Waals surface area contributed by atoms with Crippen LogP contribution in [0.5, 0.6) is 5.75 Å². The summed E-state index contributed by atoms with van der Waals surface area (Å²) in [5.41, 5.74) is 13.9. The predicted molar refractivity (Wildman–Crippen MR) is 76.9 cm³/mol. The van der Waals surface area contributed by atoms with Crippen LogP contribution >= 0.6 is 0 Å². The Kier molecular flexibility index (Phi) is 6.53. The molecule has 3 N–H and O–H groups in total.